The maximum atomic E-state index is 12.9. The van der Waals surface area contributed by atoms with Gasteiger partial charge in [0.1, 0.15) is 12.4 Å². The van der Waals surface area contributed by atoms with Crippen LogP contribution in [0.5, 0.6) is 0 Å². The van der Waals surface area contributed by atoms with Crippen molar-refractivity contribution in [3.8, 4) is 0 Å². The van der Waals surface area contributed by atoms with Gasteiger partial charge in [0.25, 0.3) is 5.91 Å². The summed E-state index contributed by atoms with van der Waals surface area (Å²) in [5, 5.41) is 2.82. The lowest BCUT2D eigenvalue weighted by molar-refractivity contribution is -0.122. The van der Waals surface area contributed by atoms with E-state index in [1.165, 1.54) is 19.2 Å². The largest absolute Gasteiger partial charge is 0.375 e. The molecular formula is C19H19FN2O3. The number of carbonyl (C=O) groups is 2. The SMILES string of the molecule is COCC(=O)N1CCc2ccc(NC(=O)Cc3ccc(F)cc3)cc21. The third kappa shape index (κ3) is 4.03. The van der Waals surface area contributed by atoms with Gasteiger partial charge in [-0.3, -0.25) is 9.59 Å². The van der Waals surface area contributed by atoms with E-state index in [0.717, 1.165) is 23.2 Å². The summed E-state index contributed by atoms with van der Waals surface area (Å²) in [5.41, 5.74) is 3.24. The van der Waals surface area contributed by atoms with Gasteiger partial charge in [-0.15, -0.1) is 0 Å². The number of hydrogen-bond acceptors (Lipinski definition) is 3. The van der Waals surface area contributed by atoms with Crippen LogP contribution in [0.15, 0.2) is 42.5 Å². The second-order valence-electron chi connectivity index (χ2n) is 5.92. The Kier molecular flexibility index (Phi) is 5.09. The van der Waals surface area contributed by atoms with Gasteiger partial charge in [0.05, 0.1) is 6.42 Å². The van der Waals surface area contributed by atoms with Crippen molar-refractivity contribution in [2.24, 2.45) is 0 Å². The third-order valence-electron chi connectivity index (χ3n) is 4.11. The Hall–Kier alpha value is -2.73. The number of fused-ring (bicyclic) bond motifs is 1. The summed E-state index contributed by atoms with van der Waals surface area (Å²) in [6, 6.07) is 11.4. The summed E-state index contributed by atoms with van der Waals surface area (Å²) in [6.45, 7) is 0.644. The van der Waals surface area contributed by atoms with Gasteiger partial charge in [0.15, 0.2) is 0 Å². The number of hydrogen-bond donors (Lipinski definition) is 1. The Labute approximate surface area is 145 Å². The van der Waals surface area contributed by atoms with Crippen molar-refractivity contribution in [1.29, 1.82) is 0 Å². The number of nitrogens with one attached hydrogen (secondary N) is 1. The minimum absolute atomic E-state index is 0.0284. The zero-order valence-electron chi connectivity index (χ0n) is 13.9. The Bertz CT molecular complexity index is 790. The van der Waals surface area contributed by atoms with E-state index in [4.69, 9.17) is 4.74 Å². The lowest BCUT2D eigenvalue weighted by Crippen LogP contribution is -2.32. The molecule has 1 aliphatic rings. The molecule has 0 saturated carbocycles. The average Bonchev–Trinajstić information content (AvgIpc) is 3.00. The Morgan fingerprint density at radius 1 is 1.20 bits per heavy atom. The molecule has 0 saturated heterocycles. The summed E-state index contributed by atoms with van der Waals surface area (Å²) >= 11 is 0. The summed E-state index contributed by atoms with van der Waals surface area (Å²) in [7, 11) is 1.49. The second-order valence-corrected chi connectivity index (χ2v) is 5.92. The van der Waals surface area contributed by atoms with E-state index in [1.807, 2.05) is 12.1 Å². The van der Waals surface area contributed by atoms with Gasteiger partial charge in [0, 0.05) is 25.0 Å². The molecule has 130 valence electrons. The van der Waals surface area contributed by atoms with E-state index in [2.05, 4.69) is 5.32 Å². The van der Waals surface area contributed by atoms with Crippen molar-refractivity contribution in [2.45, 2.75) is 12.8 Å². The van der Waals surface area contributed by atoms with Crippen LogP contribution in [-0.2, 0) is 27.2 Å². The molecular weight excluding hydrogens is 323 g/mol. The second kappa shape index (κ2) is 7.44. The predicted octanol–water partition coefficient (Wildman–Crippen LogP) is 2.54. The number of amides is 2. The predicted molar refractivity (Wildman–Crippen MR) is 93.1 cm³/mol. The van der Waals surface area contributed by atoms with Gasteiger partial charge in [-0.1, -0.05) is 18.2 Å². The highest BCUT2D eigenvalue weighted by Crippen LogP contribution is 2.31. The Morgan fingerprint density at radius 2 is 1.96 bits per heavy atom. The number of rotatable bonds is 5. The van der Waals surface area contributed by atoms with Crippen LogP contribution in [0.2, 0.25) is 0 Å². The quantitative estimate of drug-likeness (QED) is 0.908. The molecule has 2 amide bonds. The van der Waals surface area contributed by atoms with Crippen molar-refractivity contribution in [3.05, 3.63) is 59.4 Å². The molecule has 1 N–H and O–H groups in total. The minimum atomic E-state index is -0.330. The standard InChI is InChI=1S/C19H19FN2O3/c1-25-12-19(24)22-9-8-14-4-7-16(11-17(14)22)21-18(23)10-13-2-5-15(20)6-3-13/h2-7,11H,8-10,12H2,1H3,(H,21,23). The molecule has 1 heterocycles. The molecule has 6 heteroatoms. The summed E-state index contributed by atoms with van der Waals surface area (Å²) in [6.07, 6.45) is 0.943. The van der Waals surface area contributed by atoms with E-state index in [0.29, 0.717) is 12.2 Å². The molecule has 3 rings (SSSR count). The number of carbonyl (C=O) groups excluding carboxylic acids is 2. The fourth-order valence-electron chi connectivity index (χ4n) is 2.91. The molecule has 0 unspecified atom stereocenters. The van der Waals surface area contributed by atoms with Crippen LogP contribution >= 0.6 is 0 Å². The van der Waals surface area contributed by atoms with E-state index >= 15 is 0 Å². The highest BCUT2D eigenvalue weighted by molar-refractivity contribution is 5.98. The maximum absolute atomic E-state index is 12.9. The van der Waals surface area contributed by atoms with Gasteiger partial charge in [-0.25, -0.2) is 4.39 Å². The number of halogens is 1. The monoisotopic (exact) mass is 342 g/mol. The average molecular weight is 342 g/mol. The summed E-state index contributed by atoms with van der Waals surface area (Å²) in [4.78, 5) is 25.9. The van der Waals surface area contributed by atoms with Crippen LogP contribution in [-0.4, -0.2) is 32.1 Å². The minimum Gasteiger partial charge on any atom is -0.375 e. The Balaban J connectivity index is 1.69. The Morgan fingerprint density at radius 3 is 2.68 bits per heavy atom. The number of methoxy groups -OCH3 is 1. The fourth-order valence-corrected chi connectivity index (χ4v) is 2.91. The van der Waals surface area contributed by atoms with Crippen molar-refractivity contribution in [3.63, 3.8) is 0 Å². The van der Waals surface area contributed by atoms with Crippen LogP contribution in [0.25, 0.3) is 0 Å². The van der Waals surface area contributed by atoms with Crippen LogP contribution in [0.3, 0.4) is 0 Å². The van der Waals surface area contributed by atoms with E-state index in [-0.39, 0.29) is 30.7 Å². The van der Waals surface area contributed by atoms with Crippen LogP contribution in [0.4, 0.5) is 15.8 Å². The zero-order valence-corrected chi connectivity index (χ0v) is 13.9. The van der Waals surface area contributed by atoms with Gasteiger partial charge < -0.3 is 15.0 Å². The molecule has 0 aromatic heterocycles. The van der Waals surface area contributed by atoms with Gasteiger partial charge in [-0.05, 0) is 41.8 Å². The molecule has 2 aromatic carbocycles. The number of anilines is 2. The van der Waals surface area contributed by atoms with Crippen molar-refractivity contribution >= 4 is 23.2 Å². The van der Waals surface area contributed by atoms with Crippen molar-refractivity contribution < 1.29 is 18.7 Å². The molecule has 5 nitrogen and oxygen atoms in total. The van der Waals surface area contributed by atoms with Gasteiger partial charge >= 0.3 is 0 Å². The molecule has 0 radical (unpaired) electrons. The molecule has 0 spiro atoms. The van der Waals surface area contributed by atoms with Gasteiger partial charge in [-0.2, -0.15) is 0 Å². The number of ether oxygens (including phenoxy) is 1. The van der Waals surface area contributed by atoms with Crippen LogP contribution in [0, 0.1) is 5.82 Å². The molecule has 0 aliphatic carbocycles. The van der Waals surface area contributed by atoms with Crippen molar-refractivity contribution in [1.82, 2.24) is 0 Å². The highest BCUT2D eigenvalue weighted by Gasteiger charge is 2.24. The zero-order chi connectivity index (χ0) is 17.8. The number of nitrogens with zero attached hydrogens (tertiary/aromatic N) is 1. The first-order valence-electron chi connectivity index (χ1n) is 8.03. The first-order chi connectivity index (χ1) is 12.1. The summed E-state index contributed by atoms with van der Waals surface area (Å²) in [5.74, 6) is -0.626. The van der Waals surface area contributed by atoms with Gasteiger partial charge in [0.2, 0.25) is 5.91 Å². The number of benzene rings is 2. The normalized spacial score (nSPS) is 12.8. The summed E-state index contributed by atoms with van der Waals surface area (Å²) < 4.78 is 17.8. The van der Waals surface area contributed by atoms with Crippen LogP contribution in [0.1, 0.15) is 11.1 Å². The maximum Gasteiger partial charge on any atom is 0.252 e. The lowest BCUT2D eigenvalue weighted by atomic mass is 10.1. The molecule has 0 bridgehead atoms. The molecule has 0 fully saturated rings. The molecule has 25 heavy (non-hydrogen) atoms. The first kappa shape index (κ1) is 17.1. The first-order valence-corrected chi connectivity index (χ1v) is 8.03. The van der Waals surface area contributed by atoms with Crippen LogP contribution < -0.4 is 10.2 Å². The van der Waals surface area contributed by atoms with E-state index in [9.17, 15) is 14.0 Å². The van der Waals surface area contributed by atoms with Crippen molar-refractivity contribution in [2.75, 3.05) is 30.5 Å². The molecule has 2 aromatic rings. The third-order valence-corrected chi connectivity index (χ3v) is 4.11. The smallest absolute Gasteiger partial charge is 0.252 e. The molecule has 1 aliphatic heterocycles. The van der Waals surface area contributed by atoms with E-state index < -0.39 is 0 Å². The fraction of sp³-hybridized carbons (Fsp3) is 0.263. The van der Waals surface area contributed by atoms with E-state index in [1.54, 1.807) is 23.1 Å². The topological polar surface area (TPSA) is 58.6 Å². The highest BCUT2D eigenvalue weighted by atomic mass is 19.1. The lowest BCUT2D eigenvalue weighted by Gasteiger charge is -2.17. The molecule has 0 atom stereocenters.